The van der Waals surface area contributed by atoms with Gasteiger partial charge in [0.25, 0.3) is 0 Å². The zero-order valence-electron chi connectivity index (χ0n) is 16.9. The van der Waals surface area contributed by atoms with E-state index in [1.807, 2.05) is 18.2 Å². The molecule has 0 saturated carbocycles. The molecule has 28 heavy (non-hydrogen) atoms. The van der Waals surface area contributed by atoms with Crippen molar-refractivity contribution >= 4 is 17.0 Å². The van der Waals surface area contributed by atoms with Crippen molar-refractivity contribution in [3.63, 3.8) is 0 Å². The molecule has 0 aliphatic carbocycles. The fraction of sp³-hybridized carbons (Fsp3) is 0.364. The summed E-state index contributed by atoms with van der Waals surface area (Å²) in [7, 11) is 3.51. The normalized spacial score (nSPS) is 11.8. The van der Waals surface area contributed by atoms with Gasteiger partial charge in [-0.1, -0.05) is 36.4 Å². The number of para-hydroxylation sites is 2. The van der Waals surface area contributed by atoms with E-state index in [0.717, 1.165) is 36.8 Å². The van der Waals surface area contributed by atoms with Gasteiger partial charge in [-0.2, -0.15) is 0 Å². The van der Waals surface area contributed by atoms with Crippen LogP contribution in [-0.2, 0) is 24.4 Å². The number of guanidine groups is 1. The average molecular weight is 380 g/mol. The van der Waals surface area contributed by atoms with Crippen molar-refractivity contribution in [2.45, 2.75) is 33.0 Å². The van der Waals surface area contributed by atoms with Crippen molar-refractivity contribution in [2.75, 3.05) is 20.7 Å². The number of benzene rings is 2. The fourth-order valence-corrected chi connectivity index (χ4v) is 3.35. The summed E-state index contributed by atoms with van der Waals surface area (Å²) in [5.74, 6) is 1.86. The smallest absolute Gasteiger partial charge is 0.191 e. The SMILES string of the molecule is CN=C(NCCCn1c(C)nc2ccccc21)NCc1ccccc1COC. The monoisotopic (exact) mass is 379 g/mol. The number of nitrogens with zero attached hydrogens (tertiary/aromatic N) is 3. The molecule has 3 aromatic rings. The number of aryl methyl sites for hydroxylation is 2. The number of aromatic nitrogens is 2. The molecule has 0 saturated heterocycles. The van der Waals surface area contributed by atoms with E-state index in [0.29, 0.717) is 13.2 Å². The van der Waals surface area contributed by atoms with E-state index in [1.165, 1.54) is 16.6 Å². The molecule has 0 fully saturated rings. The molecular weight excluding hydrogens is 350 g/mol. The molecule has 0 atom stereocenters. The van der Waals surface area contributed by atoms with Gasteiger partial charge in [0.2, 0.25) is 0 Å². The molecule has 1 heterocycles. The lowest BCUT2D eigenvalue weighted by Gasteiger charge is -2.14. The number of ether oxygens (including phenoxy) is 1. The quantitative estimate of drug-likeness (QED) is 0.358. The number of rotatable bonds is 8. The van der Waals surface area contributed by atoms with E-state index in [4.69, 9.17) is 4.74 Å². The van der Waals surface area contributed by atoms with Gasteiger partial charge in [0.15, 0.2) is 5.96 Å². The molecule has 1 aromatic heterocycles. The van der Waals surface area contributed by atoms with Gasteiger partial charge in [-0.05, 0) is 36.6 Å². The molecule has 0 bridgehead atoms. The summed E-state index contributed by atoms with van der Waals surface area (Å²) in [5, 5.41) is 6.78. The van der Waals surface area contributed by atoms with E-state index in [1.54, 1.807) is 14.2 Å². The number of fused-ring (bicyclic) bond motifs is 1. The molecule has 0 radical (unpaired) electrons. The van der Waals surface area contributed by atoms with Crippen LogP contribution in [0.4, 0.5) is 0 Å². The molecule has 2 aromatic carbocycles. The maximum Gasteiger partial charge on any atom is 0.191 e. The lowest BCUT2D eigenvalue weighted by atomic mass is 10.1. The van der Waals surface area contributed by atoms with Gasteiger partial charge in [-0.25, -0.2) is 4.98 Å². The number of methoxy groups -OCH3 is 1. The van der Waals surface area contributed by atoms with Crippen LogP contribution in [0.1, 0.15) is 23.4 Å². The number of imidazole rings is 1. The molecule has 0 amide bonds. The summed E-state index contributed by atoms with van der Waals surface area (Å²) in [5.41, 5.74) is 4.65. The third-order valence-corrected chi connectivity index (χ3v) is 4.78. The lowest BCUT2D eigenvalue weighted by Crippen LogP contribution is -2.37. The van der Waals surface area contributed by atoms with Crippen molar-refractivity contribution < 1.29 is 4.74 Å². The van der Waals surface area contributed by atoms with Crippen LogP contribution in [0.15, 0.2) is 53.5 Å². The molecule has 6 nitrogen and oxygen atoms in total. The molecule has 0 spiro atoms. The second-order valence-corrected chi connectivity index (χ2v) is 6.71. The summed E-state index contributed by atoms with van der Waals surface area (Å²) >= 11 is 0. The summed E-state index contributed by atoms with van der Waals surface area (Å²) in [6.45, 7) is 5.15. The van der Waals surface area contributed by atoms with E-state index >= 15 is 0 Å². The third kappa shape index (κ3) is 4.89. The van der Waals surface area contributed by atoms with E-state index in [2.05, 4.69) is 62.4 Å². The van der Waals surface area contributed by atoms with Gasteiger partial charge in [0.05, 0.1) is 17.6 Å². The van der Waals surface area contributed by atoms with Crippen molar-refractivity contribution in [1.29, 1.82) is 0 Å². The Balaban J connectivity index is 1.49. The topological polar surface area (TPSA) is 63.5 Å². The van der Waals surface area contributed by atoms with Crippen molar-refractivity contribution in [1.82, 2.24) is 20.2 Å². The van der Waals surface area contributed by atoms with Crippen LogP contribution < -0.4 is 10.6 Å². The predicted octanol–water partition coefficient (Wildman–Crippen LogP) is 3.25. The molecule has 6 heteroatoms. The highest BCUT2D eigenvalue weighted by atomic mass is 16.5. The fourth-order valence-electron chi connectivity index (χ4n) is 3.35. The Morgan fingerprint density at radius 3 is 2.61 bits per heavy atom. The van der Waals surface area contributed by atoms with Crippen LogP contribution in [0.2, 0.25) is 0 Å². The van der Waals surface area contributed by atoms with Gasteiger partial charge in [-0.15, -0.1) is 0 Å². The summed E-state index contributed by atoms with van der Waals surface area (Å²) in [6.07, 6.45) is 0.988. The maximum absolute atomic E-state index is 5.28. The Bertz CT molecular complexity index is 932. The van der Waals surface area contributed by atoms with Crippen LogP contribution >= 0.6 is 0 Å². The third-order valence-electron chi connectivity index (χ3n) is 4.78. The Morgan fingerprint density at radius 2 is 1.82 bits per heavy atom. The van der Waals surface area contributed by atoms with Crippen LogP contribution in [0.5, 0.6) is 0 Å². The molecule has 148 valence electrons. The minimum Gasteiger partial charge on any atom is -0.380 e. The first kappa shape index (κ1) is 19.9. The zero-order chi connectivity index (χ0) is 19.8. The van der Waals surface area contributed by atoms with Crippen molar-refractivity contribution in [3.8, 4) is 0 Å². The predicted molar refractivity (Wildman–Crippen MR) is 114 cm³/mol. The second kappa shape index (κ2) is 9.90. The molecule has 0 unspecified atom stereocenters. The van der Waals surface area contributed by atoms with Crippen molar-refractivity contribution in [3.05, 3.63) is 65.5 Å². The Labute approximate surface area is 166 Å². The summed E-state index contributed by atoms with van der Waals surface area (Å²) in [4.78, 5) is 8.95. The molecule has 2 N–H and O–H groups in total. The second-order valence-electron chi connectivity index (χ2n) is 6.71. The van der Waals surface area contributed by atoms with Gasteiger partial charge in [0, 0.05) is 33.8 Å². The zero-order valence-corrected chi connectivity index (χ0v) is 16.9. The first-order valence-electron chi connectivity index (χ1n) is 9.65. The highest BCUT2D eigenvalue weighted by Crippen LogP contribution is 2.15. The number of nitrogens with one attached hydrogen (secondary N) is 2. The highest BCUT2D eigenvalue weighted by Gasteiger charge is 2.07. The number of aliphatic imine (C=N–C) groups is 1. The number of hydrogen-bond acceptors (Lipinski definition) is 3. The van der Waals surface area contributed by atoms with Crippen LogP contribution in [0.3, 0.4) is 0 Å². The minimum absolute atomic E-state index is 0.613. The van der Waals surface area contributed by atoms with E-state index in [9.17, 15) is 0 Å². The van der Waals surface area contributed by atoms with Crippen LogP contribution in [0, 0.1) is 6.92 Å². The summed E-state index contributed by atoms with van der Waals surface area (Å²) < 4.78 is 7.55. The number of hydrogen-bond donors (Lipinski definition) is 2. The van der Waals surface area contributed by atoms with Gasteiger partial charge in [0.1, 0.15) is 5.82 Å². The highest BCUT2D eigenvalue weighted by molar-refractivity contribution is 5.79. The molecular formula is C22H29N5O. The minimum atomic E-state index is 0.613. The van der Waals surface area contributed by atoms with E-state index < -0.39 is 0 Å². The van der Waals surface area contributed by atoms with Crippen molar-refractivity contribution in [2.24, 2.45) is 4.99 Å². The van der Waals surface area contributed by atoms with E-state index in [-0.39, 0.29) is 0 Å². The maximum atomic E-state index is 5.28. The lowest BCUT2D eigenvalue weighted by molar-refractivity contribution is 0.184. The first-order chi connectivity index (χ1) is 13.7. The molecule has 0 aliphatic rings. The largest absolute Gasteiger partial charge is 0.380 e. The van der Waals surface area contributed by atoms with Gasteiger partial charge in [-0.3, -0.25) is 4.99 Å². The summed E-state index contributed by atoms with van der Waals surface area (Å²) in [6, 6.07) is 16.6. The van der Waals surface area contributed by atoms with Crippen LogP contribution in [-0.4, -0.2) is 36.2 Å². The average Bonchev–Trinajstić information content (AvgIpc) is 3.04. The molecule has 3 rings (SSSR count). The van der Waals surface area contributed by atoms with Gasteiger partial charge >= 0.3 is 0 Å². The Morgan fingerprint density at radius 1 is 1.07 bits per heavy atom. The van der Waals surface area contributed by atoms with Crippen LogP contribution in [0.25, 0.3) is 11.0 Å². The molecule has 0 aliphatic heterocycles. The standard InChI is InChI=1S/C22H29N5O/c1-17-26-20-11-6-7-12-21(20)27(17)14-8-13-24-22(23-2)25-15-18-9-4-5-10-19(18)16-28-3/h4-7,9-12H,8,13-16H2,1-3H3,(H2,23,24,25). The first-order valence-corrected chi connectivity index (χ1v) is 9.65. The van der Waals surface area contributed by atoms with Gasteiger partial charge < -0.3 is 19.9 Å². The Kier molecular flexibility index (Phi) is 7.03. The Hall–Kier alpha value is -2.86.